The van der Waals surface area contributed by atoms with Gasteiger partial charge in [-0.2, -0.15) is 12.6 Å². The maximum absolute atomic E-state index is 5.40. The Morgan fingerprint density at radius 1 is 1.44 bits per heavy atom. The lowest BCUT2D eigenvalue weighted by molar-refractivity contribution is 1.11. The van der Waals surface area contributed by atoms with E-state index in [0.717, 1.165) is 5.75 Å². The van der Waals surface area contributed by atoms with Crippen molar-refractivity contribution in [2.75, 3.05) is 0 Å². The first-order valence-corrected chi connectivity index (χ1v) is 4.20. The van der Waals surface area contributed by atoms with Crippen LogP contribution in [-0.4, -0.2) is 0 Å². The standard InChI is InChI=1S/C6H9NS2/c7-3-5-1-2-6(4-8)9-5/h1-2,8H,3-4,7H2. The predicted molar refractivity (Wildman–Crippen MR) is 44.9 cm³/mol. The molecule has 0 fully saturated rings. The van der Waals surface area contributed by atoms with Crippen molar-refractivity contribution in [3.8, 4) is 0 Å². The van der Waals surface area contributed by atoms with E-state index < -0.39 is 0 Å². The van der Waals surface area contributed by atoms with Gasteiger partial charge in [-0.15, -0.1) is 11.3 Å². The molecule has 0 spiro atoms. The minimum Gasteiger partial charge on any atom is -0.326 e. The molecular formula is C6H9NS2. The van der Waals surface area contributed by atoms with Gasteiger partial charge in [0.05, 0.1) is 0 Å². The summed E-state index contributed by atoms with van der Waals surface area (Å²) in [5, 5.41) is 0. The highest BCUT2D eigenvalue weighted by Crippen LogP contribution is 2.16. The molecule has 1 heterocycles. The lowest BCUT2D eigenvalue weighted by atomic mass is 10.4. The molecule has 1 nitrogen and oxygen atoms in total. The zero-order chi connectivity index (χ0) is 6.69. The zero-order valence-electron chi connectivity index (χ0n) is 5.00. The average Bonchev–Trinajstić information content (AvgIpc) is 2.34. The van der Waals surface area contributed by atoms with Gasteiger partial charge >= 0.3 is 0 Å². The Morgan fingerprint density at radius 2 is 2.11 bits per heavy atom. The first-order chi connectivity index (χ1) is 4.36. The molecule has 9 heavy (non-hydrogen) atoms. The third-order valence-corrected chi connectivity index (χ3v) is 2.74. The molecule has 0 atom stereocenters. The molecule has 1 aromatic heterocycles. The number of thiophene rings is 1. The molecule has 0 aliphatic rings. The highest BCUT2D eigenvalue weighted by molar-refractivity contribution is 7.79. The van der Waals surface area contributed by atoms with E-state index in [2.05, 4.69) is 24.8 Å². The van der Waals surface area contributed by atoms with E-state index in [-0.39, 0.29) is 0 Å². The number of hydrogen-bond acceptors (Lipinski definition) is 3. The van der Waals surface area contributed by atoms with Gasteiger partial charge in [0.15, 0.2) is 0 Å². The van der Waals surface area contributed by atoms with Gasteiger partial charge in [-0.1, -0.05) is 0 Å². The third kappa shape index (κ3) is 1.71. The molecule has 3 heteroatoms. The fourth-order valence-electron chi connectivity index (χ4n) is 0.617. The van der Waals surface area contributed by atoms with E-state index in [0.29, 0.717) is 6.54 Å². The molecule has 2 N–H and O–H groups in total. The minimum atomic E-state index is 0.651. The molecule has 0 saturated carbocycles. The van der Waals surface area contributed by atoms with Gasteiger partial charge < -0.3 is 5.73 Å². The van der Waals surface area contributed by atoms with Gasteiger partial charge in [-0.05, 0) is 12.1 Å². The van der Waals surface area contributed by atoms with E-state index in [9.17, 15) is 0 Å². The van der Waals surface area contributed by atoms with E-state index in [1.54, 1.807) is 11.3 Å². The highest BCUT2D eigenvalue weighted by atomic mass is 32.1. The first kappa shape index (κ1) is 7.12. The van der Waals surface area contributed by atoms with Crippen LogP contribution in [0.3, 0.4) is 0 Å². The van der Waals surface area contributed by atoms with Crippen LogP contribution < -0.4 is 5.73 Å². The second-order valence-electron chi connectivity index (χ2n) is 1.73. The van der Waals surface area contributed by atoms with Crippen LogP contribution in [0, 0.1) is 0 Å². The van der Waals surface area contributed by atoms with Gasteiger partial charge in [0.2, 0.25) is 0 Å². The molecule has 0 amide bonds. The summed E-state index contributed by atoms with van der Waals surface area (Å²) in [6.45, 7) is 0.651. The second kappa shape index (κ2) is 3.25. The van der Waals surface area contributed by atoms with Crippen LogP contribution in [0.5, 0.6) is 0 Å². The van der Waals surface area contributed by atoms with E-state index >= 15 is 0 Å². The maximum atomic E-state index is 5.40. The Kier molecular flexibility index (Phi) is 2.57. The summed E-state index contributed by atoms with van der Waals surface area (Å²) in [7, 11) is 0. The summed E-state index contributed by atoms with van der Waals surface area (Å²) in [6.07, 6.45) is 0. The summed E-state index contributed by atoms with van der Waals surface area (Å²) in [6, 6.07) is 4.12. The average molecular weight is 159 g/mol. The fraction of sp³-hybridized carbons (Fsp3) is 0.333. The van der Waals surface area contributed by atoms with Gasteiger partial charge in [0.1, 0.15) is 0 Å². The predicted octanol–water partition coefficient (Wildman–Crippen LogP) is 1.64. The van der Waals surface area contributed by atoms with Crippen LogP contribution in [0.4, 0.5) is 0 Å². The van der Waals surface area contributed by atoms with Gasteiger partial charge in [-0.25, -0.2) is 0 Å². The van der Waals surface area contributed by atoms with E-state index in [4.69, 9.17) is 5.73 Å². The third-order valence-electron chi connectivity index (χ3n) is 1.07. The Hall–Kier alpha value is 0.01000. The van der Waals surface area contributed by atoms with Crippen molar-refractivity contribution < 1.29 is 0 Å². The molecule has 0 radical (unpaired) electrons. The van der Waals surface area contributed by atoms with E-state index in [1.165, 1.54) is 9.75 Å². The smallest absolute Gasteiger partial charge is 0.0273 e. The quantitative estimate of drug-likeness (QED) is 0.630. The SMILES string of the molecule is NCc1ccc(CS)s1. The van der Waals surface area contributed by atoms with E-state index in [1.807, 2.05) is 0 Å². The molecule has 0 aliphatic carbocycles. The second-order valence-corrected chi connectivity index (χ2v) is 3.30. The molecule has 50 valence electrons. The largest absolute Gasteiger partial charge is 0.326 e. The van der Waals surface area contributed by atoms with Crippen molar-refractivity contribution in [1.29, 1.82) is 0 Å². The van der Waals surface area contributed by atoms with Gasteiger partial charge in [0.25, 0.3) is 0 Å². The van der Waals surface area contributed by atoms with Gasteiger partial charge in [-0.3, -0.25) is 0 Å². The molecule has 0 aromatic carbocycles. The maximum Gasteiger partial charge on any atom is 0.0273 e. The van der Waals surface area contributed by atoms with Crippen LogP contribution >= 0.6 is 24.0 Å². The number of thiol groups is 1. The number of nitrogens with two attached hydrogens (primary N) is 1. The summed E-state index contributed by atoms with van der Waals surface area (Å²) in [4.78, 5) is 2.53. The summed E-state index contributed by atoms with van der Waals surface area (Å²) in [5.41, 5.74) is 5.40. The topological polar surface area (TPSA) is 26.0 Å². The van der Waals surface area contributed by atoms with Crippen LogP contribution in [0.1, 0.15) is 9.75 Å². The van der Waals surface area contributed by atoms with Crippen LogP contribution in [-0.2, 0) is 12.3 Å². The monoisotopic (exact) mass is 159 g/mol. The van der Waals surface area contributed by atoms with Crippen LogP contribution in [0.25, 0.3) is 0 Å². The van der Waals surface area contributed by atoms with Crippen LogP contribution in [0.2, 0.25) is 0 Å². The van der Waals surface area contributed by atoms with Crippen LogP contribution in [0.15, 0.2) is 12.1 Å². The Balaban J connectivity index is 2.74. The molecular weight excluding hydrogens is 150 g/mol. The number of hydrogen-bond donors (Lipinski definition) is 2. The molecule has 0 aliphatic heterocycles. The highest BCUT2D eigenvalue weighted by Gasteiger charge is 1.93. The Morgan fingerprint density at radius 3 is 2.44 bits per heavy atom. The summed E-state index contributed by atoms with van der Waals surface area (Å²) in [5.74, 6) is 0.824. The molecule has 1 rings (SSSR count). The lowest BCUT2D eigenvalue weighted by Crippen LogP contribution is -1.90. The van der Waals surface area contributed by atoms with Crippen molar-refractivity contribution in [2.24, 2.45) is 5.73 Å². The van der Waals surface area contributed by atoms with Crippen molar-refractivity contribution >= 4 is 24.0 Å². The molecule has 0 saturated heterocycles. The summed E-state index contributed by atoms with van der Waals surface area (Å²) < 4.78 is 0. The Bertz CT molecular complexity index is 164. The van der Waals surface area contributed by atoms with Crippen molar-refractivity contribution in [1.82, 2.24) is 0 Å². The van der Waals surface area contributed by atoms with Crippen molar-refractivity contribution in [3.05, 3.63) is 21.9 Å². The lowest BCUT2D eigenvalue weighted by Gasteiger charge is -1.84. The molecule has 0 bridgehead atoms. The first-order valence-electron chi connectivity index (χ1n) is 2.75. The van der Waals surface area contributed by atoms with Crippen molar-refractivity contribution in [2.45, 2.75) is 12.3 Å². The van der Waals surface area contributed by atoms with Crippen molar-refractivity contribution in [3.63, 3.8) is 0 Å². The number of rotatable bonds is 2. The zero-order valence-corrected chi connectivity index (χ0v) is 6.71. The molecule has 0 unspecified atom stereocenters. The molecule has 1 aromatic rings. The minimum absolute atomic E-state index is 0.651. The Labute approximate surface area is 64.3 Å². The summed E-state index contributed by atoms with van der Waals surface area (Å²) >= 11 is 5.86. The fourth-order valence-corrected chi connectivity index (χ4v) is 1.67. The van der Waals surface area contributed by atoms with Gasteiger partial charge in [0, 0.05) is 22.1 Å². The normalized spacial score (nSPS) is 10.0.